The van der Waals surface area contributed by atoms with E-state index in [2.05, 4.69) is 10.6 Å². The predicted molar refractivity (Wildman–Crippen MR) is 126 cm³/mol. The van der Waals surface area contributed by atoms with Gasteiger partial charge in [-0.15, -0.1) is 0 Å². The number of hydrogen-bond donors (Lipinski definition) is 2. The van der Waals surface area contributed by atoms with Crippen molar-refractivity contribution in [2.45, 2.75) is 12.5 Å². The number of ketones is 1. The minimum atomic E-state index is -1.28. The molecule has 1 aliphatic rings. The molecule has 0 aliphatic carbocycles. The Morgan fingerprint density at radius 2 is 1.56 bits per heavy atom. The average molecular weight is 457 g/mol. The molecule has 34 heavy (non-hydrogen) atoms. The van der Waals surface area contributed by atoms with Crippen molar-refractivity contribution in [1.29, 1.82) is 0 Å². The van der Waals surface area contributed by atoms with Crippen molar-refractivity contribution in [1.82, 2.24) is 10.2 Å². The van der Waals surface area contributed by atoms with E-state index in [1.807, 2.05) is 6.07 Å². The zero-order valence-electron chi connectivity index (χ0n) is 18.7. The molecule has 0 radical (unpaired) electrons. The number of Topliss-reactive ketones (excluding diaryl/α,β-unsaturated/α-hetero) is 1. The Morgan fingerprint density at radius 1 is 0.912 bits per heavy atom. The molecule has 4 amide bonds. The van der Waals surface area contributed by atoms with Crippen LogP contribution in [0.1, 0.15) is 33.2 Å². The maximum absolute atomic E-state index is 13.1. The molecule has 0 bridgehead atoms. The highest BCUT2D eigenvalue weighted by molar-refractivity contribution is 6.11. The standard InChI is InChI=1S/C26H23N3O5/c1-26(19-10-14-21(34-2)15-11-19)24(32)29(25(33)28-26)16-22(30)17-8-12-20(13-9-17)27-23(31)18-6-4-3-5-7-18/h3-15H,16H2,1-2H3,(H,27,31)(H,28,33)/t26-/m1/s1. The van der Waals surface area contributed by atoms with Crippen LogP contribution in [0.5, 0.6) is 5.75 Å². The quantitative estimate of drug-likeness (QED) is 0.417. The molecule has 1 saturated heterocycles. The summed E-state index contributed by atoms with van der Waals surface area (Å²) in [6.45, 7) is 1.20. The van der Waals surface area contributed by atoms with E-state index in [4.69, 9.17) is 4.74 Å². The Bertz CT molecular complexity index is 1240. The maximum Gasteiger partial charge on any atom is 0.325 e. The van der Waals surface area contributed by atoms with Gasteiger partial charge in [0.2, 0.25) is 0 Å². The monoisotopic (exact) mass is 457 g/mol. The fourth-order valence-corrected chi connectivity index (χ4v) is 3.73. The molecular weight excluding hydrogens is 434 g/mol. The van der Waals surface area contributed by atoms with Crippen LogP contribution in [0, 0.1) is 0 Å². The summed E-state index contributed by atoms with van der Waals surface area (Å²) < 4.78 is 5.14. The first-order chi connectivity index (χ1) is 16.3. The lowest BCUT2D eigenvalue weighted by molar-refractivity contribution is -0.130. The zero-order chi connectivity index (χ0) is 24.3. The van der Waals surface area contributed by atoms with Crippen molar-refractivity contribution >= 4 is 29.3 Å². The first-order valence-electron chi connectivity index (χ1n) is 10.6. The van der Waals surface area contributed by atoms with Crippen LogP contribution in [0.4, 0.5) is 10.5 Å². The van der Waals surface area contributed by atoms with E-state index >= 15 is 0 Å². The lowest BCUT2D eigenvalue weighted by Crippen LogP contribution is -2.41. The minimum Gasteiger partial charge on any atom is -0.497 e. The summed E-state index contributed by atoms with van der Waals surface area (Å²) in [4.78, 5) is 51.6. The van der Waals surface area contributed by atoms with E-state index in [9.17, 15) is 19.2 Å². The molecule has 8 nitrogen and oxygen atoms in total. The number of methoxy groups -OCH3 is 1. The lowest BCUT2D eigenvalue weighted by atomic mass is 9.92. The molecule has 0 aromatic heterocycles. The van der Waals surface area contributed by atoms with Crippen LogP contribution in [-0.2, 0) is 10.3 Å². The van der Waals surface area contributed by atoms with Gasteiger partial charge in [0.15, 0.2) is 5.78 Å². The second-order valence-corrected chi connectivity index (χ2v) is 8.00. The average Bonchev–Trinajstić information content (AvgIpc) is 3.08. The molecule has 1 fully saturated rings. The van der Waals surface area contributed by atoms with Crippen molar-refractivity contribution in [3.05, 3.63) is 95.6 Å². The third kappa shape index (κ3) is 4.38. The number of benzene rings is 3. The molecular formula is C26H23N3O5. The summed E-state index contributed by atoms with van der Waals surface area (Å²) >= 11 is 0. The summed E-state index contributed by atoms with van der Waals surface area (Å²) in [7, 11) is 1.54. The van der Waals surface area contributed by atoms with Crippen LogP contribution in [0.2, 0.25) is 0 Å². The van der Waals surface area contributed by atoms with Gasteiger partial charge in [0, 0.05) is 16.8 Å². The van der Waals surface area contributed by atoms with Gasteiger partial charge in [-0.25, -0.2) is 4.79 Å². The number of amides is 4. The molecule has 0 spiro atoms. The molecule has 3 aromatic rings. The Labute approximate surface area is 196 Å². The number of carbonyl (C=O) groups is 4. The summed E-state index contributed by atoms with van der Waals surface area (Å²) in [6, 6.07) is 21.2. The number of urea groups is 1. The molecule has 1 heterocycles. The Kier molecular flexibility index (Phi) is 6.14. The fraction of sp³-hybridized carbons (Fsp3) is 0.154. The molecule has 8 heteroatoms. The number of nitrogens with zero attached hydrogens (tertiary/aromatic N) is 1. The van der Waals surface area contributed by atoms with Crippen molar-refractivity contribution < 1.29 is 23.9 Å². The van der Waals surface area contributed by atoms with Gasteiger partial charge < -0.3 is 15.4 Å². The van der Waals surface area contributed by atoms with Gasteiger partial charge >= 0.3 is 6.03 Å². The van der Waals surface area contributed by atoms with E-state index in [0.29, 0.717) is 28.1 Å². The Balaban J connectivity index is 1.43. The van der Waals surface area contributed by atoms with E-state index in [0.717, 1.165) is 4.90 Å². The third-order valence-corrected chi connectivity index (χ3v) is 5.74. The topological polar surface area (TPSA) is 105 Å². The number of carbonyl (C=O) groups excluding carboxylic acids is 4. The molecule has 0 unspecified atom stereocenters. The third-order valence-electron chi connectivity index (χ3n) is 5.74. The van der Waals surface area contributed by atoms with Crippen LogP contribution in [0.3, 0.4) is 0 Å². The van der Waals surface area contributed by atoms with Crippen molar-refractivity contribution in [3.63, 3.8) is 0 Å². The highest BCUT2D eigenvalue weighted by atomic mass is 16.5. The van der Waals surface area contributed by atoms with Crippen molar-refractivity contribution in [2.24, 2.45) is 0 Å². The molecule has 1 aliphatic heterocycles. The number of nitrogens with one attached hydrogen (secondary N) is 2. The highest BCUT2D eigenvalue weighted by Crippen LogP contribution is 2.30. The molecule has 3 aromatic carbocycles. The zero-order valence-corrected chi connectivity index (χ0v) is 18.7. The van der Waals surface area contributed by atoms with Gasteiger partial charge in [-0.1, -0.05) is 30.3 Å². The smallest absolute Gasteiger partial charge is 0.325 e. The van der Waals surface area contributed by atoms with Gasteiger partial charge in [-0.2, -0.15) is 0 Å². The second-order valence-electron chi connectivity index (χ2n) is 8.00. The van der Waals surface area contributed by atoms with Gasteiger partial charge in [0.05, 0.1) is 13.7 Å². The van der Waals surface area contributed by atoms with Crippen LogP contribution in [0.15, 0.2) is 78.9 Å². The predicted octanol–water partition coefficient (Wildman–Crippen LogP) is 3.60. The summed E-state index contributed by atoms with van der Waals surface area (Å²) in [5, 5.41) is 5.44. The second kappa shape index (κ2) is 9.19. The molecule has 172 valence electrons. The number of rotatable bonds is 7. The maximum atomic E-state index is 13.1. The Morgan fingerprint density at radius 3 is 2.18 bits per heavy atom. The van der Waals surface area contributed by atoms with Crippen molar-refractivity contribution in [2.75, 3.05) is 19.0 Å². The molecule has 4 rings (SSSR count). The normalized spacial score (nSPS) is 17.3. The van der Waals surface area contributed by atoms with E-state index < -0.39 is 29.8 Å². The molecule has 0 saturated carbocycles. The van der Waals surface area contributed by atoms with Crippen LogP contribution >= 0.6 is 0 Å². The van der Waals surface area contributed by atoms with Crippen LogP contribution < -0.4 is 15.4 Å². The van der Waals surface area contributed by atoms with Gasteiger partial charge in [-0.05, 0) is 61.0 Å². The number of hydrogen-bond acceptors (Lipinski definition) is 5. The van der Waals surface area contributed by atoms with E-state index in [-0.39, 0.29) is 5.91 Å². The largest absolute Gasteiger partial charge is 0.497 e. The summed E-state index contributed by atoms with van der Waals surface area (Å²) in [5.41, 5.74) is 0.653. The van der Waals surface area contributed by atoms with Crippen LogP contribution in [0.25, 0.3) is 0 Å². The molecule has 1 atom stereocenters. The first-order valence-corrected chi connectivity index (χ1v) is 10.6. The minimum absolute atomic E-state index is 0.267. The SMILES string of the molecule is COc1ccc([C@@]2(C)NC(=O)N(CC(=O)c3ccc(NC(=O)c4ccccc4)cc3)C2=O)cc1. The Hall–Kier alpha value is -4.46. The van der Waals surface area contributed by atoms with Crippen molar-refractivity contribution in [3.8, 4) is 5.75 Å². The number of anilines is 1. The van der Waals surface area contributed by atoms with Gasteiger partial charge in [-0.3, -0.25) is 19.3 Å². The lowest BCUT2D eigenvalue weighted by Gasteiger charge is -2.22. The van der Waals surface area contributed by atoms with E-state index in [1.165, 1.54) is 7.11 Å². The molecule has 2 N–H and O–H groups in total. The van der Waals surface area contributed by atoms with E-state index in [1.54, 1.807) is 79.7 Å². The summed E-state index contributed by atoms with van der Waals surface area (Å²) in [5.74, 6) is -0.553. The van der Waals surface area contributed by atoms with Gasteiger partial charge in [0.25, 0.3) is 11.8 Å². The highest BCUT2D eigenvalue weighted by Gasteiger charge is 2.49. The first kappa shape index (κ1) is 22.7. The number of imide groups is 1. The summed E-state index contributed by atoms with van der Waals surface area (Å²) in [6.07, 6.45) is 0. The van der Waals surface area contributed by atoms with Gasteiger partial charge in [0.1, 0.15) is 11.3 Å². The number of ether oxygens (including phenoxy) is 1. The van der Waals surface area contributed by atoms with Crippen LogP contribution in [-0.4, -0.2) is 42.2 Å². The fourth-order valence-electron chi connectivity index (χ4n) is 3.73.